The van der Waals surface area contributed by atoms with E-state index in [1.165, 1.54) is 24.3 Å². The Morgan fingerprint density at radius 2 is 1.59 bits per heavy atom. The normalized spacial score (nSPS) is 10.3. The standard InChI is InChI=1S/C20H28N2O5/c1-16(2)20(24)21-15-9-7-5-3-4-6-8-10-19(23)27-18-13-11-17(12-14-18)22(25)26/h11-14H,1,3-10,15H2,2H3,(H,21,24). The quantitative estimate of drug-likeness (QED) is 0.138. The van der Waals surface area contributed by atoms with Crippen LogP contribution >= 0.6 is 0 Å². The highest BCUT2D eigenvalue weighted by molar-refractivity contribution is 5.91. The molecule has 1 rings (SSSR count). The Kier molecular flexibility index (Phi) is 10.4. The third kappa shape index (κ3) is 10.1. The number of nitrogens with zero attached hydrogens (tertiary/aromatic N) is 1. The molecular formula is C20H28N2O5. The first-order valence-electron chi connectivity index (χ1n) is 9.29. The third-order valence-corrected chi connectivity index (χ3v) is 4.01. The topological polar surface area (TPSA) is 98.5 Å². The van der Waals surface area contributed by atoms with Crippen molar-refractivity contribution in [2.75, 3.05) is 6.54 Å². The number of carbonyl (C=O) groups excluding carboxylic acids is 2. The number of esters is 1. The van der Waals surface area contributed by atoms with E-state index in [4.69, 9.17) is 4.74 Å². The van der Waals surface area contributed by atoms with Crippen molar-refractivity contribution < 1.29 is 19.2 Å². The second-order valence-corrected chi connectivity index (χ2v) is 6.49. The summed E-state index contributed by atoms with van der Waals surface area (Å²) >= 11 is 0. The van der Waals surface area contributed by atoms with Gasteiger partial charge in [-0.2, -0.15) is 0 Å². The highest BCUT2D eigenvalue weighted by Crippen LogP contribution is 2.18. The van der Waals surface area contributed by atoms with Crippen LogP contribution in [-0.4, -0.2) is 23.3 Å². The Balaban J connectivity index is 2.00. The summed E-state index contributed by atoms with van der Waals surface area (Å²) in [5.74, 6) is -0.0861. The SMILES string of the molecule is C=C(C)C(=O)NCCCCCCCCCC(=O)Oc1ccc([N+](=O)[O-])cc1. The van der Waals surface area contributed by atoms with Gasteiger partial charge in [0.1, 0.15) is 5.75 Å². The molecule has 0 heterocycles. The molecule has 1 N–H and O–H groups in total. The molecule has 27 heavy (non-hydrogen) atoms. The molecule has 0 spiro atoms. The van der Waals surface area contributed by atoms with Crippen LogP contribution in [0.2, 0.25) is 0 Å². The molecule has 148 valence electrons. The minimum absolute atomic E-state index is 0.0343. The molecule has 0 bridgehead atoms. The highest BCUT2D eigenvalue weighted by atomic mass is 16.6. The van der Waals surface area contributed by atoms with Gasteiger partial charge in [0.05, 0.1) is 4.92 Å². The molecule has 0 aromatic heterocycles. The zero-order chi connectivity index (χ0) is 20.1. The fraction of sp³-hybridized carbons (Fsp3) is 0.500. The van der Waals surface area contributed by atoms with E-state index in [0.717, 1.165) is 44.9 Å². The molecule has 7 heteroatoms. The van der Waals surface area contributed by atoms with Crippen molar-refractivity contribution in [1.29, 1.82) is 0 Å². The number of hydrogen-bond donors (Lipinski definition) is 1. The van der Waals surface area contributed by atoms with E-state index in [-0.39, 0.29) is 17.6 Å². The predicted octanol–water partition coefficient (Wildman–Crippen LogP) is 4.31. The van der Waals surface area contributed by atoms with Crippen LogP contribution in [0, 0.1) is 10.1 Å². The number of non-ortho nitro benzene ring substituents is 1. The summed E-state index contributed by atoms with van der Waals surface area (Å²) in [7, 11) is 0. The fourth-order valence-electron chi connectivity index (χ4n) is 2.45. The molecule has 1 amide bonds. The molecule has 0 atom stereocenters. The van der Waals surface area contributed by atoms with Gasteiger partial charge in [0.25, 0.3) is 5.69 Å². The Morgan fingerprint density at radius 3 is 2.15 bits per heavy atom. The van der Waals surface area contributed by atoms with Crippen LogP contribution in [0.3, 0.4) is 0 Å². The number of rotatable bonds is 13. The lowest BCUT2D eigenvalue weighted by molar-refractivity contribution is -0.384. The monoisotopic (exact) mass is 376 g/mol. The molecule has 0 aliphatic carbocycles. The maximum Gasteiger partial charge on any atom is 0.311 e. The maximum atomic E-state index is 11.7. The van der Waals surface area contributed by atoms with Gasteiger partial charge in [0.2, 0.25) is 5.91 Å². The first kappa shape index (κ1) is 22.3. The van der Waals surface area contributed by atoms with Crippen LogP contribution in [0.4, 0.5) is 5.69 Å². The van der Waals surface area contributed by atoms with Gasteiger partial charge < -0.3 is 10.1 Å². The molecule has 1 aromatic rings. The molecular weight excluding hydrogens is 348 g/mol. The summed E-state index contributed by atoms with van der Waals surface area (Å²) in [4.78, 5) is 33.1. The minimum atomic E-state index is -0.496. The number of nitro groups is 1. The number of benzene rings is 1. The molecule has 0 fully saturated rings. The smallest absolute Gasteiger partial charge is 0.311 e. The van der Waals surface area contributed by atoms with Gasteiger partial charge in [-0.3, -0.25) is 19.7 Å². The van der Waals surface area contributed by atoms with Gasteiger partial charge in [-0.25, -0.2) is 0 Å². The van der Waals surface area contributed by atoms with Crippen molar-refractivity contribution in [2.24, 2.45) is 0 Å². The fourth-order valence-corrected chi connectivity index (χ4v) is 2.45. The first-order valence-corrected chi connectivity index (χ1v) is 9.29. The van der Waals surface area contributed by atoms with Crippen LogP contribution in [0.25, 0.3) is 0 Å². The van der Waals surface area contributed by atoms with Crippen molar-refractivity contribution in [3.63, 3.8) is 0 Å². The van der Waals surface area contributed by atoms with Crippen molar-refractivity contribution in [3.05, 3.63) is 46.5 Å². The van der Waals surface area contributed by atoms with E-state index in [1.54, 1.807) is 6.92 Å². The van der Waals surface area contributed by atoms with E-state index in [2.05, 4.69) is 11.9 Å². The van der Waals surface area contributed by atoms with Crippen LogP contribution in [0.15, 0.2) is 36.4 Å². The Morgan fingerprint density at radius 1 is 1.04 bits per heavy atom. The number of nitro benzene ring substituents is 1. The molecule has 1 aromatic carbocycles. The second-order valence-electron chi connectivity index (χ2n) is 6.49. The number of unbranched alkanes of at least 4 members (excludes halogenated alkanes) is 6. The summed E-state index contributed by atoms with van der Waals surface area (Å²) in [5.41, 5.74) is 0.495. The summed E-state index contributed by atoms with van der Waals surface area (Å²) in [5, 5.41) is 13.4. The van der Waals surface area contributed by atoms with E-state index < -0.39 is 4.92 Å². The summed E-state index contributed by atoms with van der Waals surface area (Å²) in [6, 6.07) is 5.48. The van der Waals surface area contributed by atoms with E-state index in [9.17, 15) is 19.7 Å². The van der Waals surface area contributed by atoms with Gasteiger partial charge in [0.15, 0.2) is 0 Å². The highest BCUT2D eigenvalue weighted by Gasteiger charge is 2.08. The average molecular weight is 376 g/mol. The van der Waals surface area contributed by atoms with E-state index in [1.807, 2.05) is 0 Å². The predicted molar refractivity (Wildman–Crippen MR) is 103 cm³/mol. The van der Waals surface area contributed by atoms with Gasteiger partial charge in [-0.05, 0) is 31.9 Å². The number of carbonyl (C=O) groups is 2. The lowest BCUT2D eigenvalue weighted by atomic mass is 10.1. The lowest BCUT2D eigenvalue weighted by Gasteiger charge is -2.05. The van der Waals surface area contributed by atoms with Crippen molar-refractivity contribution in [1.82, 2.24) is 5.32 Å². The summed E-state index contributed by atoms with van der Waals surface area (Å²) < 4.78 is 5.15. The van der Waals surface area contributed by atoms with Gasteiger partial charge in [-0.1, -0.05) is 38.7 Å². The second kappa shape index (κ2) is 12.6. The summed E-state index contributed by atoms with van der Waals surface area (Å²) in [6.07, 6.45) is 7.36. The number of ether oxygens (including phenoxy) is 1. The van der Waals surface area contributed by atoms with Crippen LogP contribution in [0.5, 0.6) is 5.75 Å². The van der Waals surface area contributed by atoms with Crippen LogP contribution in [0.1, 0.15) is 58.3 Å². The van der Waals surface area contributed by atoms with Crippen LogP contribution < -0.4 is 10.1 Å². The maximum absolute atomic E-state index is 11.7. The summed E-state index contributed by atoms with van der Waals surface area (Å²) in [6.45, 7) is 5.96. The molecule has 0 radical (unpaired) electrons. The molecule has 0 aliphatic rings. The number of hydrogen-bond acceptors (Lipinski definition) is 5. The largest absolute Gasteiger partial charge is 0.427 e. The lowest BCUT2D eigenvalue weighted by Crippen LogP contribution is -2.24. The Bertz CT molecular complexity index is 640. The molecule has 0 aliphatic heterocycles. The minimum Gasteiger partial charge on any atom is -0.427 e. The molecule has 7 nitrogen and oxygen atoms in total. The van der Waals surface area contributed by atoms with Gasteiger partial charge >= 0.3 is 5.97 Å². The molecule has 0 saturated heterocycles. The first-order chi connectivity index (χ1) is 12.9. The number of nitrogens with one attached hydrogen (secondary N) is 1. The van der Waals surface area contributed by atoms with Crippen molar-refractivity contribution >= 4 is 17.6 Å². The van der Waals surface area contributed by atoms with Crippen molar-refractivity contribution in [2.45, 2.75) is 58.3 Å². The zero-order valence-electron chi connectivity index (χ0n) is 15.9. The average Bonchev–Trinajstić information content (AvgIpc) is 2.63. The molecule has 0 saturated carbocycles. The van der Waals surface area contributed by atoms with Gasteiger partial charge in [-0.15, -0.1) is 0 Å². The van der Waals surface area contributed by atoms with Crippen LogP contribution in [-0.2, 0) is 9.59 Å². The van der Waals surface area contributed by atoms with Crippen molar-refractivity contribution in [3.8, 4) is 5.75 Å². The van der Waals surface area contributed by atoms with E-state index >= 15 is 0 Å². The van der Waals surface area contributed by atoms with E-state index in [0.29, 0.717) is 24.3 Å². The Hall–Kier alpha value is -2.70. The third-order valence-electron chi connectivity index (χ3n) is 4.01. The number of amides is 1. The molecule has 0 unspecified atom stereocenters. The van der Waals surface area contributed by atoms with Gasteiger partial charge in [0, 0.05) is 30.7 Å². The zero-order valence-corrected chi connectivity index (χ0v) is 15.9. The Labute approximate surface area is 159 Å².